The van der Waals surface area contributed by atoms with Crippen LogP contribution in [0.3, 0.4) is 0 Å². The fourth-order valence-electron chi connectivity index (χ4n) is 1.65. The first kappa shape index (κ1) is 12.3. The van der Waals surface area contributed by atoms with Crippen LogP contribution in [0.4, 0.5) is 0 Å². The first-order valence-corrected chi connectivity index (χ1v) is 5.46. The van der Waals surface area contributed by atoms with Gasteiger partial charge < -0.3 is 5.11 Å². The number of halogens is 1. The molecule has 0 radical (unpaired) electrons. The third-order valence-corrected chi connectivity index (χ3v) is 2.75. The molecule has 1 N–H and O–H groups in total. The molecule has 0 saturated heterocycles. The van der Waals surface area contributed by atoms with Crippen LogP contribution in [0.5, 0.6) is 0 Å². The molecule has 0 bridgehead atoms. The number of carbonyl (C=O) groups is 1. The van der Waals surface area contributed by atoms with E-state index in [1.165, 1.54) is 11.6 Å². The summed E-state index contributed by atoms with van der Waals surface area (Å²) in [4.78, 5) is 22.5. The third kappa shape index (κ3) is 2.12. The summed E-state index contributed by atoms with van der Waals surface area (Å²) in [6.45, 7) is 1.53. The Labute approximate surface area is 107 Å². The molecule has 2 rings (SSSR count). The number of benzene rings is 1. The zero-order valence-corrected chi connectivity index (χ0v) is 10.2. The maximum absolute atomic E-state index is 11.4. The van der Waals surface area contributed by atoms with E-state index >= 15 is 0 Å². The van der Waals surface area contributed by atoms with Crippen molar-refractivity contribution in [3.63, 3.8) is 0 Å². The number of aromatic carboxylic acids is 1. The lowest BCUT2D eigenvalue weighted by atomic mass is 10.2. The van der Waals surface area contributed by atoms with Gasteiger partial charge in [0, 0.05) is 5.02 Å². The van der Waals surface area contributed by atoms with Crippen LogP contribution in [0.25, 0.3) is 5.69 Å². The molecule has 0 aliphatic carbocycles. The quantitative estimate of drug-likeness (QED) is 0.899. The number of nitrogens with zero attached hydrogens (tertiary/aromatic N) is 2. The van der Waals surface area contributed by atoms with E-state index in [0.29, 0.717) is 10.7 Å². The fourth-order valence-corrected chi connectivity index (χ4v) is 1.77. The van der Waals surface area contributed by atoms with Gasteiger partial charge in [0.25, 0.3) is 0 Å². The van der Waals surface area contributed by atoms with E-state index in [1.54, 1.807) is 24.3 Å². The lowest BCUT2D eigenvalue weighted by Gasteiger charge is -2.10. The highest BCUT2D eigenvalue weighted by Crippen LogP contribution is 2.14. The van der Waals surface area contributed by atoms with Crippen molar-refractivity contribution in [3.05, 3.63) is 57.0 Å². The molecule has 0 amide bonds. The Bertz CT molecular complexity index is 662. The lowest BCUT2D eigenvalue weighted by molar-refractivity contribution is 0.0693. The van der Waals surface area contributed by atoms with Crippen LogP contribution in [0.1, 0.15) is 16.1 Å². The van der Waals surface area contributed by atoms with Gasteiger partial charge in [-0.1, -0.05) is 11.6 Å². The second-order valence-corrected chi connectivity index (χ2v) is 4.10. The zero-order valence-electron chi connectivity index (χ0n) is 9.42. The Kier molecular flexibility index (Phi) is 3.16. The Morgan fingerprint density at radius 2 is 1.94 bits per heavy atom. The van der Waals surface area contributed by atoms with Gasteiger partial charge in [0.15, 0.2) is 0 Å². The van der Waals surface area contributed by atoms with Gasteiger partial charge in [-0.2, -0.15) is 5.10 Å². The summed E-state index contributed by atoms with van der Waals surface area (Å²) in [5, 5.41) is 13.5. The predicted octanol–water partition coefficient (Wildman–Crippen LogP) is 1.89. The first-order chi connectivity index (χ1) is 8.50. The molecule has 1 heterocycles. The van der Waals surface area contributed by atoms with Crippen molar-refractivity contribution in [2.24, 2.45) is 0 Å². The van der Waals surface area contributed by atoms with Gasteiger partial charge in [-0.3, -0.25) is 4.79 Å². The van der Waals surface area contributed by atoms with Crippen molar-refractivity contribution in [1.29, 1.82) is 0 Å². The Balaban J connectivity index is 2.66. The zero-order chi connectivity index (χ0) is 13.3. The normalized spacial score (nSPS) is 10.3. The van der Waals surface area contributed by atoms with E-state index in [9.17, 15) is 9.59 Å². The van der Waals surface area contributed by atoms with Crippen molar-refractivity contribution < 1.29 is 9.90 Å². The summed E-state index contributed by atoms with van der Waals surface area (Å²) in [6.07, 6.45) is 0.991. The average molecular weight is 265 g/mol. The van der Waals surface area contributed by atoms with Crippen LogP contribution in [-0.2, 0) is 0 Å². The second-order valence-electron chi connectivity index (χ2n) is 3.66. The number of carboxylic acid groups (broad SMARTS) is 1. The van der Waals surface area contributed by atoms with Gasteiger partial charge in [0.05, 0.1) is 17.6 Å². The Morgan fingerprint density at radius 3 is 2.50 bits per heavy atom. The highest BCUT2D eigenvalue weighted by molar-refractivity contribution is 6.30. The van der Waals surface area contributed by atoms with Crippen LogP contribution < -0.4 is 5.43 Å². The molecule has 6 heteroatoms. The molecule has 1 aromatic heterocycles. The number of hydrogen-bond donors (Lipinski definition) is 1. The van der Waals surface area contributed by atoms with Gasteiger partial charge in [-0.25, -0.2) is 9.48 Å². The molecule has 0 unspecified atom stereocenters. The minimum Gasteiger partial charge on any atom is -0.477 e. The minimum absolute atomic E-state index is 0.275. The van der Waals surface area contributed by atoms with Crippen LogP contribution in [0.2, 0.25) is 5.02 Å². The molecule has 0 spiro atoms. The predicted molar refractivity (Wildman–Crippen MR) is 66.5 cm³/mol. The maximum atomic E-state index is 11.4. The van der Waals surface area contributed by atoms with Gasteiger partial charge in [0.1, 0.15) is 5.56 Å². The highest BCUT2D eigenvalue weighted by Gasteiger charge is 2.15. The molecule has 2 aromatic rings. The summed E-state index contributed by atoms with van der Waals surface area (Å²) in [6, 6.07) is 6.71. The number of rotatable bonds is 2. The Morgan fingerprint density at radius 1 is 1.33 bits per heavy atom. The first-order valence-electron chi connectivity index (χ1n) is 5.09. The molecule has 0 aliphatic rings. The largest absolute Gasteiger partial charge is 0.477 e. The average Bonchev–Trinajstić information content (AvgIpc) is 2.30. The monoisotopic (exact) mass is 264 g/mol. The summed E-state index contributed by atoms with van der Waals surface area (Å²) >= 11 is 5.77. The van der Waals surface area contributed by atoms with Crippen LogP contribution in [-0.4, -0.2) is 20.9 Å². The van der Waals surface area contributed by atoms with E-state index in [-0.39, 0.29) is 11.3 Å². The summed E-state index contributed by atoms with van der Waals surface area (Å²) < 4.78 is 1.39. The summed E-state index contributed by atoms with van der Waals surface area (Å²) in [5.41, 5.74) is 0.0295. The number of carboxylic acids is 1. The van der Waals surface area contributed by atoms with Crippen molar-refractivity contribution >= 4 is 17.6 Å². The molecule has 92 valence electrons. The van der Waals surface area contributed by atoms with Crippen LogP contribution in [0, 0.1) is 6.92 Å². The van der Waals surface area contributed by atoms with E-state index in [0.717, 1.165) is 6.20 Å². The Hall–Kier alpha value is -2.14. The van der Waals surface area contributed by atoms with Gasteiger partial charge in [-0.05, 0) is 31.2 Å². The minimum atomic E-state index is -1.26. The number of hydrogen-bond acceptors (Lipinski definition) is 3. The van der Waals surface area contributed by atoms with Gasteiger partial charge in [0.2, 0.25) is 5.43 Å². The molecule has 0 atom stereocenters. The molecule has 0 saturated carbocycles. The van der Waals surface area contributed by atoms with E-state index in [1.807, 2.05) is 0 Å². The standard InChI is InChI=1S/C12H9ClN2O3/c1-7-11(12(17)18)10(16)6-14-15(7)9-4-2-8(13)3-5-9/h2-6H,1H3,(H,17,18). The van der Waals surface area contributed by atoms with Crippen molar-refractivity contribution in [2.75, 3.05) is 0 Å². The molecule has 1 aromatic carbocycles. The van der Waals surface area contributed by atoms with Crippen molar-refractivity contribution in [2.45, 2.75) is 6.92 Å². The SMILES string of the molecule is Cc1c(C(=O)O)c(=O)cnn1-c1ccc(Cl)cc1. The van der Waals surface area contributed by atoms with E-state index < -0.39 is 11.4 Å². The van der Waals surface area contributed by atoms with Crippen LogP contribution in [0.15, 0.2) is 35.3 Å². The van der Waals surface area contributed by atoms with E-state index in [2.05, 4.69) is 5.10 Å². The second kappa shape index (κ2) is 4.62. The van der Waals surface area contributed by atoms with Gasteiger partial charge >= 0.3 is 5.97 Å². The van der Waals surface area contributed by atoms with Crippen LogP contribution >= 0.6 is 11.6 Å². The fraction of sp³-hybridized carbons (Fsp3) is 0.0833. The smallest absolute Gasteiger partial charge is 0.341 e. The molecule has 18 heavy (non-hydrogen) atoms. The van der Waals surface area contributed by atoms with E-state index in [4.69, 9.17) is 16.7 Å². The topological polar surface area (TPSA) is 72.2 Å². The van der Waals surface area contributed by atoms with Crippen molar-refractivity contribution in [1.82, 2.24) is 9.78 Å². The third-order valence-electron chi connectivity index (χ3n) is 2.50. The summed E-state index contributed by atoms with van der Waals surface area (Å²) in [7, 11) is 0. The maximum Gasteiger partial charge on any atom is 0.341 e. The lowest BCUT2D eigenvalue weighted by Crippen LogP contribution is -2.22. The highest BCUT2D eigenvalue weighted by atomic mass is 35.5. The molecular formula is C12H9ClN2O3. The molecule has 0 aliphatic heterocycles. The van der Waals surface area contributed by atoms with Gasteiger partial charge in [-0.15, -0.1) is 0 Å². The molecule has 5 nitrogen and oxygen atoms in total. The van der Waals surface area contributed by atoms with Crippen molar-refractivity contribution in [3.8, 4) is 5.69 Å². The molecular weight excluding hydrogens is 256 g/mol. The molecule has 0 fully saturated rings. The number of aromatic nitrogens is 2. The summed E-state index contributed by atoms with van der Waals surface area (Å²) in [5.74, 6) is -1.26.